The van der Waals surface area contributed by atoms with E-state index in [1.54, 1.807) is 6.92 Å². The minimum atomic E-state index is -0.454. The first-order valence-corrected chi connectivity index (χ1v) is 3.99. The Labute approximate surface area is 96.6 Å². The third-order valence-electron chi connectivity index (χ3n) is 1.84. The van der Waals surface area contributed by atoms with E-state index < -0.39 is 6.10 Å². The molecule has 0 aliphatic rings. The van der Waals surface area contributed by atoms with Crippen LogP contribution < -0.4 is 5.73 Å². The number of pyridine rings is 1. The van der Waals surface area contributed by atoms with Crippen molar-refractivity contribution in [2.45, 2.75) is 26.5 Å². The lowest BCUT2D eigenvalue weighted by atomic mass is 10.1. The number of aryl methyl sites for hydroxylation is 1. The van der Waals surface area contributed by atoms with Crippen molar-refractivity contribution in [3.63, 3.8) is 0 Å². The molecule has 1 heterocycles. The lowest BCUT2D eigenvalue weighted by Gasteiger charge is -2.08. The third-order valence-corrected chi connectivity index (χ3v) is 1.84. The molecule has 1 rings (SSSR count). The molecule has 5 heteroatoms. The van der Waals surface area contributed by atoms with Crippen molar-refractivity contribution >= 4 is 24.8 Å². The van der Waals surface area contributed by atoms with E-state index in [-0.39, 0.29) is 24.8 Å². The quantitative estimate of drug-likeness (QED) is 0.826. The van der Waals surface area contributed by atoms with Crippen molar-refractivity contribution in [1.29, 1.82) is 0 Å². The normalized spacial score (nSPS) is 11.1. The Balaban J connectivity index is 0. The van der Waals surface area contributed by atoms with Crippen molar-refractivity contribution in [2.75, 3.05) is 0 Å². The number of hydrogen-bond donors (Lipinski definition) is 2. The highest BCUT2D eigenvalue weighted by Crippen LogP contribution is 2.15. The molecule has 0 aromatic carbocycles. The predicted octanol–water partition coefficient (Wildman–Crippen LogP) is 1.75. The maximum Gasteiger partial charge on any atom is 0.0779 e. The summed E-state index contributed by atoms with van der Waals surface area (Å²) in [5, 5.41) is 9.30. The maximum absolute atomic E-state index is 9.30. The largest absolute Gasteiger partial charge is 0.389 e. The van der Waals surface area contributed by atoms with E-state index in [4.69, 9.17) is 5.73 Å². The van der Waals surface area contributed by atoms with Gasteiger partial charge in [0.15, 0.2) is 0 Å². The molecule has 14 heavy (non-hydrogen) atoms. The first-order chi connectivity index (χ1) is 5.65. The van der Waals surface area contributed by atoms with Gasteiger partial charge in [-0.25, -0.2) is 0 Å². The standard InChI is InChI=1S/C9H14N2O.2ClH/c1-6-9(7(2)12)4-3-8(5-10)11-6;;/h3-4,7,12H,5,10H2,1-2H3;2*1H. The summed E-state index contributed by atoms with van der Waals surface area (Å²) in [5.41, 5.74) is 8.00. The van der Waals surface area contributed by atoms with Crippen LogP contribution >= 0.6 is 24.8 Å². The molecule has 0 aliphatic heterocycles. The first-order valence-electron chi connectivity index (χ1n) is 3.99. The topological polar surface area (TPSA) is 59.1 Å². The maximum atomic E-state index is 9.30. The second kappa shape index (κ2) is 7.01. The minimum Gasteiger partial charge on any atom is -0.389 e. The van der Waals surface area contributed by atoms with Gasteiger partial charge in [-0.3, -0.25) is 4.98 Å². The molecule has 0 radical (unpaired) electrons. The Morgan fingerprint density at radius 1 is 1.43 bits per heavy atom. The molecule has 0 saturated heterocycles. The van der Waals surface area contributed by atoms with Gasteiger partial charge in [-0.1, -0.05) is 6.07 Å². The van der Waals surface area contributed by atoms with Crippen molar-refractivity contribution in [3.8, 4) is 0 Å². The molecule has 0 bridgehead atoms. The molecule has 82 valence electrons. The number of hydrogen-bond acceptors (Lipinski definition) is 3. The van der Waals surface area contributed by atoms with Gasteiger partial charge in [0.1, 0.15) is 0 Å². The number of nitrogens with two attached hydrogens (primary N) is 1. The summed E-state index contributed by atoms with van der Waals surface area (Å²) < 4.78 is 0. The summed E-state index contributed by atoms with van der Waals surface area (Å²) in [5.74, 6) is 0. The summed E-state index contributed by atoms with van der Waals surface area (Å²) in [6.07, 6.45) is -0.454. The summed E-state index contributed by atoms with van der Waals surface area (Å²) in [4.78, 5) is 4.23. The van der Waals surface area contributed by atoms with Gasteiger partial charge in [0.05, 0.1) is 11.8 Å². The molecule has 0 fully saturated rings. The number of nitrogens with zero attached hydrogens (tertiary/aromatic N) is 1. The van der Waals surface area contributed by atoms with Crippen LogP contribution in [0.5, 0.6) is 0 Å². The van der Waals surface area contributed by atoms with Crippen molar-refractivity contribution in [3.05, 3.63) is 29.1 Å². The van der Waals surface area contributed by atoms with Gasteiger partial charge in [0, 0.05) is 17.8 Å². The van der Waals surface area contributed by atoms with E-state index in [2.05, 4.69) is 4.98 Å². The SMILES string of the molecule is Cc1nc(CN)ccc1C(C)O.Cl.Cl. The zero-order chi connectivity index (χ0) is 9.14. The van der Waals surface area contributed by atoms with Crippen molar-refractivity contribution in [2.24, 2.45) is 5.73 Å². The molecule has 1 unspecified atom stereocenters. The molecular weight excluding hydrogens is 223 g/mol. The fourth-order valence-electron chi connectivity index (χ4n) is 1.18. The summed E-state index contributed by atoms with van der Waals surface area (Å²) in [7, 11) is 0. The molecule has 1 atom stereocenters. The number of aliphatic hydroxyl groups is 1. The van der Waals surface area contributed by atoms with Crippen LogP contribution in [0.4, 0.5) is 0 Å². The van der Waals surface area contributed by atoms with Gasteiger partial charge in [0.2, 0.25) is 0 Å². The zero-order valence-corrected chi connectivity index (χ0v) is 9.86. The lowest BCUT2D eigenvalue weighted by molar-refractivity contribution is 0.198. The second-order valence-corrected chi connectivity index (χ2v) is 2.86. The molecule has 3 N–H and O–H groups in total. The van der Waals surface area contributed by atoms with E-state index in [1.807, 2.05) is 19.1 Å². The van der Waals surface area contributed by atoms with Crippen LogP contribution in [-0.4, -0.2) is 10.1 Å². The smallest absolute Gasteiger partial charge is 0.0779 e. The fourth-order valence-corrected chi connectivity index (χ4v) is 1.18. The summed E-state index contributed by atoms with van der Waals surface area (Å²) in [6, 6.07) is 3.71. The Bertz CT molecular complexity index is 280. The first kappa shape index (κ1) is 16.1. The molecular formula is C9H16Cl2N2O. The Morgan fingerprint density at radius 3 is 2.36 bits per heavy atom. The number of rotatable bonds is 2. The van der Waals surface area contributed by atoms with E-state index >= 15 is 0 Å². The van der Waals surface area contributed by atoms with Gasteiger partial charge in [-0.2, -0.15) is 0 Å². The van der Waals surface area contributed by atoms with Gasteiger partial charge in [-0.15, -0.1) is 24.8 Å². The predicted molar refractivity (Wildman–Crippen MR) is 62.0 cm³/mol. The monoisotopic (exact) mass is 238 g/mol. The van der Waals surface area contributed by atoms with E-state index in [1.165, 1.54) is 0 Å². The van der Waals surface area contributed by atoms with Gasteiger partial charge >= 0.3 is 0 Å². The fraction of sp³-hybridized carbons (Fsp3) is 0.444. The molecule has 1 aromatic rings. The lowest BCUT2D eigenvalue weighted by Crippen LogP contribution is -2.04. The van der Waals surface area contributed by atoms with Crippen LogP contribution in [0, 0.1) is 6.92 Å². The van der Waals surface area contributed by atoms with Gasteiger partial charge in [0.25, 0.3) is 0 Å². The van der Waals surface area contributed by atoms with Crippen molar-refractivity contribution < 1.29 is 5.11 Å². The average molecular weight is 239 g/mol. The van der Waals surface area contributed by atoms with Crippen LogP contribution in [0.1, 0.15) is 30.0 Å². The van der Waals surface area contributed by atoms with Gasteiger partial charge < -0.3 is 10.8 Å². The van der Waals surface area contributed by atoms with Gasteiger partial charge in [-0.05, 0) is 19.9 Å². The highest BCUT2D eigenvalue weighted by atomic mass is 35.5. The van der Waals surface area contributed by atoms with Crippen LogP contribution in [0.2, 0.25) is 0 Å². The van der Waals surface area contributed by atoms with Crippen LogP contribution in [0.3, 0.4) is 0 Å². The molecule has 0 aliphatic carbocycles. The highest BCUT2D eigenvalue weighted by Gasteiger charge is 2.05. The number of aromatic nitrogens is 1. The molecule has 0 spiro atoms. The minimum absolute atomic E-state index is 0. The van der Waals surface area contributed by atoms with E-state index in [9.17, 15) is 5.11 Å². The molecule has 3 nitrogen and oxygen atoms in total. The number of aliphatic hydroxyl groups excluding tert-OH is 1. The average Bonchev–Trinajstić information content (AvgIpc) is 2.03. The Kier molecular flexibility index (Phi) is 8.06. The molecule has 0 saturated carbocycles. The van der Waals surface area contributed by atoms with Crippen LogP contribution in [0.25, 0.3) is 0 Å². The summed E-state index contributed by atoms with van der Waals surface area (Å²) >= 11 is 0. The molecule has 0 amide bonds. The number of halogens is 2. The van der Waals surface area contributed by atoms with E-state index in [0.717, 1.165) is 17.0 Å². The van der Waals surface area contributed by atoms with E-state index in [0.29, 0.717) is 6.54 Å². The Morgan fingerprint density at radius 2 is 2.00 bits per heavy atom. The third kappa shape index (κ3) is 3.80. The Hall–Kier alpha value is -0.350. The highest BCUT2D eigenvalue weighted by molar-refractivity contribution is 5.85. The molecule has 1 aromatic heterocycles. The van der Waals surface area contributed by atoms with Crippen molar-refractivity contribution in [1.82, 2.24) is 4.98 Å². The summed E-state index contributed by atoms with van der Waals surface area (Å²) in [6.45, 7) is 4.05. The second-order valence-electron chi connectivity index (χ2n) is 2.86. The van der Waals surface area contributed by atoms with Crippen LogP contribution in [0.15, 0.2) is 12.1 Å². The van der Waals surface area contributed by atoms with Crippen LogP contribution in [-0.2, 0) is 6.54 Å². The zero-order valence-electron chi connectivity index (χ0n) is 8.23.